The smallest absolute Gasteiger partial charge is 0.153 e. The lowest BCUT2D eigenvalue weighted by Gasteiger charge is -2.37. The van der Waals surface area contributed by atoms with Gasteiger partial charge in [0.05, 0.1) is 5.54 Å². The van der Waals surface area contributed by atoms with E-state index >= 15 is 0 Å². The van der Waals surface area contributed by atoms with E-state index in [1.807, 2.05) is 6.08 Å². The molecular weight excluding hydrogens is 210 g/mol. The number of ketones is 1. The molecular formula is C15H25NO. The SMILES string of the molecule is C=CCCCC(=O)C1(N2CCCC2)CCCC1. The lowest BCUT2D eigenvalue weighted by Crippen LogP contribution is -2.51. The predicted octanol–water partition coefficient (Wildman–Crippen LogP) is 3.32. The maximum Gasteiger partial charge on any atom is 0.153 e. The average molecular weight is 235 g/mol. The monoisotopic (exact) mass is 235 g/mol. The van der Waals surface area contributed by atoms with Crippen molar-refractivity contribution in [1.82, 2.24) is 4.90 Å². The van der Waals surface area contributed by atoms with Crippen LogP contribution in [0.1, 0.15) is 57.8 Å². The molecule has 96 valence electrons. The third-order valence-corrected chi connectivity index (χ3v) is 4.47. The molecule has 0 aromatic heterocycles. The summed E-state index contributed by atoms with van der Waals surface area (Å²) in [4.78, 5) is 15.0. The number of nitrogens with zero attached hydrogens (tertiary/aromatic N) is 1. The van der Waals surface area contributed by atoms with Crippen LogP contribution in [0.3, 0.4) is 0 Å². The minimum absolute atomic E-state index is 0.0579. The van der Waals surface area contributed by atoms with Crippen molar-refractivity contribution in [3.63, 3.8) is 0 Å². The summed E-state index contributed by atoms with van der Waals surface area (Å²) >= 11 is 0. The van der Waals surface area contributed by atoms with Crippen LogP contribution in [0.25, 0.3) is 0 Å². The summed E-state index contributed by atoms with van der Waals surface area (Å²) in [6.45, 7) is 6.02. The molecule has 17 heavy (non-hydrogen) atoms. The van der Waals surface area contributed by atoms with Gasteiger partial charge in [0, 0.05) is 6.42 Å². The molecule has 2 heteroatoms. The lowest BCUT2D eigenvalue weighted by atomic mass is 9.87. The van der Waals surface area contributed by atoms with Gasteiger partial charge < -0.3 is 0 Å². The number of unbranched alkanes of at least 4 members (excludes halogenated alkanes) is 1. The topological polar surface area (TPSA) is 20.3 Å². The van der Waals surface area contributed by atoms with E-state index in [0.29, 0.717) is 5.78 Å². The second kappa shape index (κ2) is 5.81. The molecule has 2 aliphatic rings. The van der Waals surface area contributed by atoms with E-state index < -0.39 is 0 Å². The Labute approximate surface area is 105 Å². The minimum atomic E-state index is -0.0579. The van der Waals surface area contributed by atoms with Crippen LogP contribution >= 0.6 is 0 Å². The van der Waals surface area contributed by atoms with Crippen LogP contribution in [0.15, 0.2) is 12.7 Å². The number of likely N-dealkylation sites (tertiary alicyclic amines) is 1. The highest BCUT2D eigenvalue weighted by Crippen LogP contribution is 2.39. The summed E-state index contributed by atoms with van der Waals surface area (Å²) in [7, 11) is 0. The number of rotatable bonds is 6. The number of hydrogen-bond acceptors (Lipinski definition) is 2. The first-order chi connectivity index (χ1) is 8.29. The fourth-order valence-corrected chi connectivity index (χ4v) is 3.52. The largest absolute Gasteiger partial charge is 0.298 e. The van der Waals surface area contributed by atoms with Gasteiger partial charge in [-0.3, -0.25) is 9.69 Å². The van der Waals surface area contributed by atoms with Gasteiger partial charge in [-0.25, -0.2) is 0 Å². The van der Waals surface area contributed by atoms with Gasteiger partial charge in [0.2, 0.25) is 0 Å². The Bertz CT molecular complexity index is 273. The van der Waals surface area contributed by atoms with E-state index in [-0.39, 0.29) is 5.54 Å². The number of hydrogen-bond donors (Lipinski definition) is 0. The summed E-state index contributed by atoms with van der Waals surface area (Å²) in [6, 6.07) is 0. The summed E-state index contributed by atoms with van der Waals surface area (Å²) < 4.78 is 0. The number of carbonyl (C=O) groups is 1. The Morgan fingerprint density at radius 1 is 1.18 bits per heavy atom. The van der Waals surface area contributed by atoms with Crippen molar-refractivity contribution in [3.8, 4) is 0 Å². The molecule has 0 amide bonds. The zero-order valence-corrected chi connectivity index (χ0v) is 10.9. The molecule has 0 aromatic carbocycles. The number of allylic oxidation sites excluding steroid dienone is 1. The van der Waals surface area contributed by atoms with Crippen LogP contribution in [-0.4, -0.2) is 29.3 Å². The molecule has 0 unspecified atom stereocenters. The van der Waals surface area contributed by atoms with Crippen molar-refractivity contribution < 1.29 is 4.79 Å². The van der Waals surface area contributed by atoms with Crippen LogP contribution in [0.4, 0.5) is 0 Å². The summed E-state index contributed by atoms with van der Waals surface area (Å²) in [5.74, 6) is 0.513. The molecule has 2 fully saturated rings. The van der Waals surface area contributed by atoms with Gasteiger partial charge in [0.25, 0.3) is 0 Å². The third kappa shape index (κ3) is 2.62. The molecule has 0 atom stereocenters. The molecule has 2 rings (SSSR count). The first-order valence-corrected chi connectivity index (χ1v) is 7.19. The van der Waals surface area contributed by atoms with E-state index in [1.54, 1.807) is 0 Å². The first-order valence-electron chi connectivity index (χ1n) is 7.19. The predicted molar refractivity (Wildman–Crippen MR) is 71.1 cm³/mol. The van der Waals surface area contributed by atoms with Gasteiger partial charge in [-0.05, 0) is 51.6 Å². The van der Waals surface area contributed by atoms with Gasteiger partial charge in [0.15, 0.2) is 5.78 Å². The maximum atomic E-state index is 12.6. The van der Waals surface area contributed by atoms with Gasteiger partial charge >= 0.3 is 0 Å². The van der Waals surface area contributed by atoms with E-state index in [1.165, 1.54) is 25.7 Å². The van der Waals surface area contributed by atoms with Crippen LogP contribution in [-0.2, 0) is 4.79 Å². The van der Waals surface area contributed by atoms with Crippen molar-refractivity contribution >= 4 is 5.78 Å². The summed E-state index contributed by atoms with van der Waals surface area (Å²) in [6.07, 6.45) is 11.9. The van der Waals surface area contributed by atoms with Crippen molar-refractivity contribution in [2.24, 2.45) is 0 Å². The standard InChI is InChI=1S/C15H25NO/c1-2-3-4-9-14(17)15(10-5-6-11-15)16-12-7-8-13-16/h2H,1,3-13H2. The van der Waals surface area contributed by atoms with Gasteiger partial charge in [0.1, 0.15) is 0 Å². The molecule has 1 aliphatic carbocycles. The lowest BCUT2D eigenvalue weighted by molar-refractivity contribution is -0.130. The third-order valence-electron chi connectivity index (χ3n) is 4.47. The summed E-state index contributed by atoms with van der Waals surface area (Å²) in [5.41, 5.74) is -0.0579. The fourth-order valence-electron chi connectivity index (χ4n) is 3.52. The normalized spacial score (nSPS) is 24.0. The van der Waals surface area contributed by atoms with Gasteiger partial charge in [-0.15, -0.1) is 6.58 Å². The van der Waals surface area contributed by atoms with E-state index in [0.717, 1.165) is 45.2 Å². The Hall–Kier alpha value is -0.630. The minimum Gasteiger partial charge on any atom is -0.298 e. The highest BCUT2D eigenvalue weighted by atomic mass is 16.1. The second-order valence-corrected chi connectivity index (χ2v) is 5.54. The van der Waals surface area contributed by atoms with Crippen LogP contribution in [0, 0.1) is 0 Å². The molecule has 1 aliphatic heterocycles. The molecule has 0 N–H and O–H groups in total. The maximum absolute atomic E-state index is 12.6. The average Bonchev–Trinajstić information content (AvgIpc) is 3.00. The number of carbonyl (C=O) groups excluding carboxylic acids is 1. The van der Waals surface area contributed by atoms with Gasteiger partial charge in [-0.1, -0.05) is 18.9 Å². The van der Waals surface area contributed by atoms with E-state index in [2.05, 4.69) is 11.5 Å². The Kier molecular flexibility index (Phi) is 4.38. The fraction of sp³-hybridized carbons (Fsp3) is 0.800. The van der Waals surface area contributed by atoms with Crippen LogP contribution in [0.2, 0.25) is 0 Å². The van der Waals surface area contributed by atoms with Crippen LogP contribution < -0.4 is 0 Å². The summed E-state index contributed by atoms with van der Waals surface area (Å²) in [5, 5.41) is 0. The van der Waals surface area contributed by atoms with E-state index in [9.17, 15) is 4.79 Å². The molecule has 0 radical (unpaired) electrons. The highest BCUT2D eigenvalue weighted by Gasteiger charge is 2.45. The molecule has 1 heterocycles. The van der Waals surface area contributed by atoms with Crippen molar-refractivity contribution in [3.05, 3.63) is 12.7 Å². The number of Topliss-reactive ketones (excluding diaryl/α,β-unsaturated/α-hetero) is 1. The molecule has 1 saturated heterocycles. The molecule has 0 bridgehead atoms. The quantitative estimate of drug-likeness (QED) is 0.520. The molecule has 2 nitrogen and oxygen atoms in total. The van der Waals surface area contributed by atoms with Crippen molar-refractivity contribution in [2.45, 2.75) is 63.3 Å². The Morgan fingerprint density at radius 3 is 2.41 bits per heavy atom. The van der Waals surface area contributed by atoms with E-state index in [4.69, 9.17) is 0 Å². The molecule has 1 saturated carbocycles. The van der Waals surface area contributed by atoms with Crippen molar-refractivity contribution in [2.75, 3.05) is 13.1 Å². The van der Waals surface area contributed by atoms with Crippen LogP contribution in [0.5, 0.6) is 0 Å². The zero-order chi connectivity index (χ0) is 12.1. The Balaban J connectivity index is 1.99. The zero-order valence-electron chi connectivity index (χ0n) is 10.9. The second-order valence-electron chi connectivity index (χ2n) is 5.54. The molecule has 0 aromatic rings. The first kappa shape index (κ1) is 12.8. The van der Waals surface area contributed by atoms with Crippen molar-refractivity contribution in [1.29, 1.82) is 0 Å². The van der Waals surface area contributed by atoms with Gasteiger partial charge in [-0.2, -0.15) is 0 Å². The highest BCUT2D eigenvalue weighted by molar-refractivity contribution is 5.88. The Morgan fingerprint density at radius 2 is 1.82 bits per heavy atom. The molecule has 0 spiro atoms.